The van der Waals surface area contributed by atoms with E-state index >= 15 is 0 Å². The van der Waals surface area contributed by atoms with E-state index in [1.165, 1.54) is 5.56 Å². The van der Waals surface area contributed by atoms with Gasteiger partial charge in [0.2, 0.25) is 0 Å². The zero-order chi connectivity index (χ0) is 15.6. The molecule has 5 heteroatoms. The van der Waals surface area contributed by atoms with Gasteiger partial charge in [-0.15, -0.1) is 0 Å². The molecular formula is C18H20N4O. The number of likely N-dealkylation sites (tertiary alicyclic amines) is 2. The van der Waals surface area contributed by atoms with Crippen LogP contribution in [0, 0.1) is 11.8 Å². The normalized spacial score (nSPS) is 23.9. The third kappa shape index (κ3) is 2.97. The summed E-state index contributed by atoms with van der Waals surface area (Å²) >= 11 is 0. The molecule has 1 amide bonds. The van der Waals surface area contributed by atoms with Crippen LogP contribution in [0.1, 0.15) is 15.9 Å². The second-order valence-electron chi connectivity index (χ2n) is 6.54. The third-order valence-electron chi connectivity index (χ3n) is 4.93. The lowest BCUT2D eigenvalue weighted by atomic mass is 10.0. The van der Waals surface area contributed by atoms with Gasteiger partial charge in [-0.2, -0.15) is 10.2 Å². The van der Waals surface area contributed by atoms with E-state index in [2.05, 4.69) is 45.4 Å². The highest BCUT2D eigenvalue weighted by Crippen LogP contribution is 2.32. The maximum atomic E-state index is 12.5. The highest BCUT2D eigenvalue weighted by molar-refractivity contribution is 5.94. The first-order valence-corrected chi connectivity index (χ1v) is 8.12. The summed E-state index contributed by atoms with van der Waals surface area (Å²) in [4.78, 5) is 17.0. The molecule has 2 aliphatic rings. The lowest BCUT2D eigenvalue weighted by Gasteiger charge is -2.21. The predicted octanol–water partition coefficient (Wildman–Crippen LogP) is 1.68. The third-order valence-corrected chi connectivity index (χ3v) is 4.93. The molecular weight excluding hydrogens is 288 g/mol. The molecule has 1 aromatic heterocycles. The van der Waals surface area contributed by atoms with E-state index < -0.39 is 0 Å². The number of carbonyl (C=O) groups is 1. The van der Waals surface area contributed by atoms with Crippen molar-refractivity contribution in [2.24, 2.45) is 11.8 Å². The Labute approximate surface area is 135 Å². The molecule has 0 bridgehead atoms. The van der Waals surface area contributed by atoms with Crippen LogP contribution in [0.4, 0.5) is 0 Å². The number of amides is 1. The van der Waals surface area contributed by atoms with E-state index in [1.54, 1.807) is 18.5 Å². The lowest BCUT2D eigenvalue weighted by molar-refractivity contribution is 0.0772. The van der Waals surface area contributed by atoms with Crippen LogP contribution in [0.25, 0.3) is 0 Å². The minimum Gasteiger partial charge on any atom is -0.338 e. The molecule has 0 aliphatic carbocycles. The summed E-state index contributed by atoms with van der Waals surface area (Å²) in [7, 11) is 0. The molecule has 2 aromatic rings. The van der Waals surface area contributed by atoms with Crippen molar-refractivity contribution in [1.82, 2.24) is 20.0 Å². The first kappa shape index (κ1) is 14.3. The molecule has 2 fully saturated rings. The van der Waals surface area contributed by atoms with Crippen LogP contribution >= 0.6 is 0 Å². The van der Waals surface area contributed by atoms with Crippen LogP contribution in [0.15, 0.2) is 48.8 Å². The van der Waals surface area contributed by atoms with Crippen LogP contribution in [0.3, 0.4) is 0 Å². The highest BCUT2D eigenvalue weighted by Gasteiger charge is 2.41. The van der Waals surface area contributed by atoms with Gasteiger partial charge < -0.3 is 4.90 Å². The lowest BCUT2D eigenvalue weighted by Crippen LogP contribution is -2.33. The van der Waals surface area contributed by atoms with E-state index in [1.807, 2.05) is 4.90 Å². The van der Waals surface area contributed by atoms with Crippen molar-refractivity contribution in [3.8, 4) is 0 Å². The van der Waals surface area contributed by atoms with E-state index in [0.29, 0.717) is 17.4 Å². The zero-order valence-electron chi connectivity index (χ0n) is 13.0. The maximum absolute atomic E-state index is 12.5. The van der Waals surface area contributed by atoms with Gasteiger partial charge >= 0.3 is 0 Å². The summed E-state index contributed by atoms with van der Waals surface area (Å²) in [5.74, 6) is 1.28. The topological polar surface area (TPSA) is 49.3 Å². The fraction of sp³-hybridized carbons (Fsp3) is 0.389. The molecule has 2 atom stereocenters. The molecule has 0 N–H and O–H groups in total. The van der Waals surface area contributed by atoms with Gasteiger partial charge in [0.25, 0.3) is 5.91 Å². The van der Waals surface area contributed by atoms with Crippen molar-refractivity contribution in [3.05, 3.63) is 59.9 Å². The van der Waals surface area contributed by atoms with Gasteiger partial charge in [0.1, 0.15) is 0 Å². The maximum Gasteiger partial charge on any atom is 0.255 e. The molecule has 0 unspecified atom stereocenters. The Morgan fingerprint density at radius 2 is 1.74 bits per heavy atom. The second kappa shape index (κ2) is 6.08. The quantitative estimate of drug-likeness (QED) is 0.865. The summed E-state index contributed by atoms with van der Waals surface area (Å²) in [5, 5.41) is 7.54. The Bertz CT molecular complexity index is 662. The van der Waals surface area contributed by atoms with Gasteiger partial charge in [-0.05, 0) is 23.5 Å². The molecule has 0 radical (unpaired) electrons. The molecule has 2 saturated heterocycles. The number of benzene rings is 1. The number of hydrogen-bond acceptors (Lipinski definition) is 4. The van der Waals surface area contributed by atoms with Crippen molar-refractivity contribution in [2.45, 2.75) is 6.54 Å². The van der Waals surface area contributed by atoms with E-state index in [9.17, 15) is 4.79 Å². The first-order chi connectivity index (χ1) is 11.3. The smallest absolute Gasteiger partial charge is 0.255 e. The van der Waals surface area contributed by atoms with Gasteiger partial charge in [-0.1, -0.05) is 30.3 Å². The molecule has 118 valence electrons. The molecule has 1 aromatic carbocycles. The SMILES string of the molecule is O=C(c1ccnnc1)N1C[C@H]2CN(Cc3ccccc3)C[C@H]2C1. The molecule has 2 aliphatic heterocycles. The van der Waals surface area contributed by atoms with Gasteiger partial charge in [0.05, 0.1) is 18.0 Å². The molecule has 23 heavy (non-hydrogen) atoms. The summed E-state index contributed by atoms with van der Waals surface area (Å²) in [6, 6.07) is 12.3. The molecule has 5 nitrogen and oxygen atoms in total. The van der Waals surface area contributed by atoms with E-state index in [4.69, 9.17) is 0 Å². The Hall–Kier alpha value is -2.27. The summed E-state index contributed by atoms with van der Waals surface area (Å²) in [5.41, 5.74) is 2.00. The van der Waals surface area contributed by atoms with Crippen molar-refractivity contribution in [1.29, 1.82) is 0 Å². The highest BCUT2D eigenvalue weighted by atomic mass is 16.2. The van der Waals surface area contributed by atoms with Crippen LogP contribution in [-0.4, -0.2) is 52.1 Å². The van der Waals surface area contributed by atoms with Crippen molar-refractivity contribution < 1.29 is 4.79 Å². The Morgan fingerprint density at radius 3 is 2.39 bits per heavy atom. The number of fused-ring (bicyclic) bond motifs is 1. The van der Waals surface area contributed by atoms with Crippen molar-refractivity contribution in [3.63, 3.8) is 0 Å². The average molecular weight is 308 g/mol. The Morgan fingerprint density at radius 1 is 1.00 bits per heavy atom. The van der Waals surface area contributed by atoms with Crippen molar-refractivity contribution >= 4 is 5.91 Å². The number of rotatable bonds is 3. The zero-order valence-corrected chi connectivity index (χ0v) is 13.0. The average Bonchev–Trinajstić information content (AvgIpc) is 3.14. The van der Waals surface area contributed by atoms with Crippen LogP contribution in [0.5, 0.6) is 0 Å². The number of hydrogen-bond donors (Lipinski definition) is 0. The van der Waals surface area contributed by atoms with Crippen LogP contribution in [-0.2, 0) is 6.54 Å². The van der Waals surface area contributed by atoms with E-state index in [0.717, 1.165) is 32.7 Å². The van der Waals surface area contributed by atoms with Crippen molar-refractivity contribution in [2.75, 3.05) is 26.2 Å². The standard InChI is InChI=1S/C18H20N4O/c23-18(15-6-7-19-20-8-15)22-12-16-10-21(11-17(16)13-22)9-14-4-2-1-3-5-14/h1-8,16-17H,9-13H2/t16-,17+. The molecule has 3 heterocycles. The molecule has 0 spiro atoms. The van der Waals surface area contributed by atoms with Gasteiger partial charge in [-0.3, -0.25) is 9.69 Å². The number of carbonyl (C=O) groups excluding carboxylic acids is 1. The predicted molar refractivity (Wildman–Crippen MR) is 86.6 cm³/mol. The fourth-order valence-electron chi connectivity index (χ4n) is 3.83. The van der Waals surface area contributed by atoms with E-state index in [-0.39, 0.29) is 5.91 Å². The van der Waals surface area contributed by atoms with Gasteiger partial charge in [0, 0.05) is 32.7 Å². The summed E-state index contributed by atoms with van der Waals surface area (Å²) in [6.07, 6.45) is 3.13. The fourth-order valence-corrected chi connectivity index (χ4v) is 3.83. The Balaban J connectivity index is 1.36. The summed E-state index contributed by atoms with van der Waals surface area (Å²) < 4.78 is 0. The second-order valence-corrected chi connectivity index (χ2v) is 6.54. The minimum atomic E-state index is 0.0870. The minimum absolute atomic E-state index is 0.0870. The monoisotopic (exact) mass is 308 g/mol. The first-order valence-electron chi connectivity index (χ1n) is 8.12. The number of aromatic nitrogens is 2. The molecule has 0 saturated carbocycles. The largest absolute Gasteiger partial charge is 0.338 e. The summed E-state index contributed by atoms with van der Waals surface area (Å²) in [6.45, 7) is 4.89. The van der Waals surface area contributed by atoms with Gasteiger partial charge in [-0.25, -0.2) is 0 Å². The number of nitrogens with zero attached hydrogens (tertiary/aromatic N) is 4. The molecule has 4 rings (SSSR count). The Kier molecular flexibility index (Phi) is 3.79. The van der Waals surface area contributed by atoms with Crippen LogP contribution in [0.2, 0.25) is 0 Å². The van der Waals surface area contributed by atoms with Gasteiger partial charge in [0.15, 0.2) is 0 Å². The van der Waals surface area contributed by atoms with Crippen LogP contribution < -0.4 is 0 Å².